The Morgan fingerprint density at radius 2 is 2.20 bits per heavy atom. The highest BCUT2D eigenvalue weighted by atomic mass is 79.9. The molecule has 1 heterocycles. The van der Waals surface area contributed by atoms with E-state index in [4.69, 9.17) is 10.3 Å². The van der Waals surface area contributed by atoms with Gasteiger partial charge in [-0.15, -0.1) is 0 Å². The Kier molecular flexibility index (Phi) is 4.53. The molecule has 0 atom stereocenters. The van der Waals surface area contributed by atoms with Crippen LogP contribution in [-0.2, 0) is 23.1 Å². The van der Waals surface area contributed by atoms with Crippen LogP contribution in [0.4, 0.5) is 0 Å². The quantitative estimate of drug-likeness (QED) is 0.824. The van der Waals surface area contributed by atoms with Crippen molar-refractivity contribution >= 4 is 26.0 Å². The number of sulfonamides is 1. The number of halogens is 1. The van der Waals surface area contributed by atoms with Crippen LogP contribution in [0.15, 0.2) is 32.1 Å². The van der Waals surface area contributed by atoms with Crippen LogP contribution in [0.5, 0.6) is 0 Å². The largest absolute Gasteiger partial charge is 0.338 e. The number of aryl methyl sites for hydroxylation is 1. The average molecular weight is 361 g/mol. The molecule has 108 valence electrons. The Labute approximate surface area is 124 Å². The van der Waals surface area contributed by atoms with Crippen LogP contribution in [-0.4, -0.2) is 18.6 Å². The van der Waals surface area contributed by atoms with E-state index in [-0.39, 0.29) is 17.3 Å². The number of nitrogens with two attached hydrogens (primary N) is 1. The molecule has 0 amide bonds. The van der Waals surface area contributed by atoms with E-state index in [2.05, 4.69) is 30.8 Å². The van der Waals surface area contributed by atoms with E-state index in [0.29, 0.717) is 16.8 Å². The second-order valence-corrected chi connectivity index (χ2v) is 6.62. The van der Waals surface area contributed by atoms with Gasteiger partial charge in [0.2, 0.25) is 15.9 Å². The molecule has 7 nitrogen and oxygen atoms in total. The Bertz CT molecular complexity index is 714. The Balaban J connectivity index is 2.18. The fourth-order valence-corrected chi connectivity index (χ4v) is 3.63. The zero-order valence-electron chi connectivity index (χ0n) is 10.6. The van der Waals surface area contributed by atoms with Crippen molar-refractivity contribution in [2.24, 2.45) is 5.73 Å². The molecule has 3 N–H and O–H groups in total. The predicted octanol–water partition coefficient (Wildman–Crippen LogP) is 1.08. The lowest BCUT2D eigenvalue weighted by atomic mass is 10.2. The van der Waals surface area contributed by atoms with E-state index in [1.165, 1.54) is 6.07 Å². The lowest BCUT2D eigenvalue weighted by molar-refractivity contribution is 0.372. The van der Waals surface area contributed by atoms with Crippen LogP contribution >= 0.6 is 15.9 Å². The van der Waals surface area contributed by atoms with Gasteiger partial charge in [-0.2, -0.15) is 4.98 Å². The Morgan fingerprint density at radius 1 is 1.45 bits per heavy atom. The highest BCUT2D eigenvalue weighted by Crippen LogP contribution is 2.23. The van der Waals surface area contributed by atoms with Gasteiger partial charge in [-0.3, -0.25) is 0 Å². The van der Waals surface area contributed by atoms with Gasteiger partial charge in [0.05, 0.1) is 11.4 Å². The smallest absolute Gasteiger partial charge is 0.242 e. The van der Waals surface area contributed by atoms with Gasteiger partial charge < -0.3 is 10.3 Å². The molecule has 0 fully saturated rings. The standard InChI is InChI=1S/C11H13BrN4O3S/c1-7-15-11(19-16-7)6-14-20(17,18)10-3-2-8(5-13)4-9(10)12/h2-4,14H,5-6,13H2,1H3. The van der Waals surface area contributed by atoms with Gasteiger partial charge in [0.25, 0.3) is 0 Å². The first kappa shape index (κ1) is 15.1. The van der Waals surface area contributed by atoms with Crippen molar-refractivity contribution in [3.05, 3.63) is 40.0 Å². The normalized spacial score (nSPS) is 11.8. The first-order valence-electron chi connectivity index (χ1n) is 5.70. The summed E-state index contributed by atoms with van der Waals surface area (Å²) in [6.45, 7) is 1.94. The first-order valence-corrected chi connectivity index (χ1v) is 7.97. The van der Waals surface area contributed by atoms with Crippen molar-refractivity contribution in [3.63, 3.8) is 0 Å². The fourth-order valence-electron chi connectivity index (χ4n) is 1.54. The number of nitrogens with zero attached hydrogens (tertiary/aromatic N) is 2. The number of hydrogen-bond acceptors (Lipinski definition) is 6. The minimum Gasteiger partial charge on any atom is -0.338 e. The Hall–Kier alpha value is -1.29. The summed E-state index contributed by atoms with van der Waals surface area (Å²) in [6.07, 6.45) is 0. The van der Waals surface area contributed by atoms with Crippen molar-refractivity contribution in [1.82, 2.24) is 14.9 Å². The number of benzene rings is 1. The summed E-state index contributed by atoms with van der Waals surface area (Å²) in [5, 5.41) is 3.59. The van der Waals surface area contributed by atoms with E-state index < -0.39 is 10.0 Å². The summed E-state index contributed by atoms with van der Waals surface area (Å²) in [5.74, 6) is 0.661. The van der Waals surface area contributed by atoms with Crippen LogP contribution in [0.2, 0.25) is 0 Å². The number of hydrogen-bond donors (Lipinski definition) is 2. The summed E-state index contributed by atoms with van der Waals surface area (Å²) in [4.78, 5) is 4.05. The minimum absolute atomic E-state index is 0.0613. The predicted molar refractivity (Wildman–Crippen MR) is 75.1 cm³/mol. The maximum Gasteiger partial charge on any atom is 0.242 e. The van der Waals surface area contributed by atoms with Crippen LogP contribution in [0, 0.1) is 6.92 Å². The molecule has 0 unspecified atom stereocenters. The van der Waals surface area contributed by atoms with Gasteiger partial charge >= 0.3 is 0 Å². The topological polar surface area (TPSA) is 111 Å². The third-order valence-corrected chi connectivity index (χ3v) is 4.88. The zero-order valence-corrected chi connectivity index (χ0v) is 13.0. The van der Waals surface area contributed by atoms with E-state index in [0.717, 1.165) is 5.56 Å². The molecule has 0 bridgehead atoms. The molecule has 20 heavy (non-hydrogen) atoms. The molecular weight excluding hydrogens is 348 g/mol. The molecular formula is C11H13BrN4O3S. The SMILES string of the molecule is Cc1noc(CNS(=O)(=O)c2ccc(CN)cc2Br)n1. The fraction of sp³-hybridized carbons (Fsp3) is 0.273. The van der Waals surface area contributed by atoms with Crippen LogP contribution in [0.3, 0.4) is 0 Å². The summed E-state index contributed by atoms with van der Waals surface area (Å²) >= 11 is 3.23. The summed E-state index contributed by atoms with van der Waals surface area (Å²) in [6, 6.07) is 4.83. The molecule has 2 aromatic rings. The van der Waals surface area contributed by atoms with E-state index in [1.54, 1.807) is 19.1 Å². The molecule has 0 aliphatic heterocycles. The monoisotopic (exact) mass is 360 g/mol. The summed E-state index contributed by atoms with van der Waals surface area (Å²) in [7, 11) is -3.67. The highest BCUT2D eigenvalue weighted by Gasteiger charge is 2.18. The van der Waals surface area contributed by atoms with Gasteiger partial charge in [-0.1, -0.05) is 11.2 Å². The highest BCUT2D eigenvalue weighted by molar-refractivity contribution is 9.10. The third-order valence-electron chi connectivity index (χ3n) is 2.50. The average Bonchev–Trinajstić information content (AvgIpc) is 2.82. The molecule has 0 saturated heterocycles. The number of rotatable bonds is 5. The number of aromatic nitrogens is 2. The molecule has 1 aromatic carbocycles. The van der Waals surface area contributed by atoms with Gasteiger partial charge in [0.15, 0.2) is 5.82 Å². The maximum absolute atomic E-state index is 12.2. The van der Waals surface area contributed by atoms with Gasteiger partial charge in [0.1, 0.15) is 0 Å². The van der Waals surface area contributed by atoms with Crippen molar-refractivity contribution in [2.75, 3.05) is 0 Å². The molecule has 9 heteroatoms. The van der Waals surface area contributed by atoms with E-state index >= 15 is 0 Å². The lowest BCUT2D eigenvalue weighted by Crippen LogP contribution is -2.24. The molecule has 1 aromatic heterocycles. The second kappa shape index (κ2) is 6.00. The molecule has 0 radical (unpaired) electrons. The lowest BCUT2D eigenvalue weighted by Gasteiger charge is -2.08. The first-order chi connectivity index (χ1) is 9.42. The summed E-state index contributed by atoms with van der Waals surface area (Å²) < 4.78 is 32.0. The molecule has 0 aliphatic rings. The van der Waals surface area contributed by atoms with Crippen LogP contribution < -0.4 is 10.5 Å². The zero-order chi connectivity index (χ0) is 14.8. The maximum atomic E-state index is 12.2. The van der Waals surface area contributed by atoms with E-state index in [9.17, 15) is 8.42 Å². The van der Waals surface area contributed by atoms with Gasteiger partial charge in [-0.05, 0) is 40.5 Å². The Morgan fingerprint density at radius 3 is 2.75 bits per heavy atom. The summed E-state index contributed by atoms with van der Waals surface area (Å²) in [5.41, 5.74) is 6.34. The van der Waals surface area contributed by atoms with Crippen molar-refractivity contribution in [1.29, 1.82) is 0 Å². The minimum atomic E-state index is -3.67. The van der Waals surface area contributed by atoms with Crippen molar-refractivity contribution < 1.29 is 12.9 Å². The van der Waals surface area contributed by atoms with Crippen LogP contribution in [0.25, 0.3) is 0 Å². The number of nitrogens with one attached hydrogen (secondary N) is 1. The molecule has 2 rings (SSSR count). The van der Waals surface area contributed by atoms with Crippen molar-refractivity contribution in [3.8, 4) is 0 Å². The molecule has 0 spiro atoms. The third kappa shape index (κ3) is 3.42. The van der Waals surface area contributed by atoms with E-state index in [1.807, 2.05) is 0 Å². The molecule has 0 saturated carbocycles. The van der Waals surface area contributed by atoms with Gasteiger partial charge in [0, 0.05) is 11.0 Å². The second-order valence-electron chi connectivity index (χ2n) is 4.03. The van der Waals surface area contributed by atoms with Crippen LogP contribution in [0.1, 0.15) is 17.3 Å². The van der Waals surface area contributed by atoms with Gasteiger partial charge in [-0.25, -0.2) is 13.1 Å². The molecule has 0 aliphatic carbocycles. The van der Waals surface area contributed by atoms with Crippen molar-refractivity contribution in [2.45, 2.75) is 24.9 Å².